The van der Waals surface area contributed by atoms with E-state index in [1.165, 1.54) is 0 Å². The highest BCUT2D eigenvalue weighted by Crippen LogP contribution is 1.65. The van der Waals surface area contributed by atoms with Gasteiger partial charge < -0.3 is 49.3 Å². The van der Waals surface area contributed by atoms with E-state index in [-0.39, 0.29) is 26.0 Å². The van der Waals surface area contributed by atoms with Crippen molar-refractivity contribution in [3.8, 4) is 0 Å². The van der Waals surface area contributed by atoms with Crippen LogP contribution in [0.4, 0.5) is 0 Å². The molecule has 1 aliphatic heterocycles. The summed E-state index contributed by atoms with van der Waals surface area (Å²) < 4.78 is 0. The fraction of sp³-hybridized carbons (Fsp3) is 1.00. The zero-order valence-corrected chi connectivity index (χ0v) is 11.9. The number of hydrogen-bond donors (Lipinski definition) is 9. The number of nitrogens with one attached hydrogen (secondary N) is 2. The average molecular weight is 286 g/mol. The van der Waals surface area contributed by atoms with E-state index in [0.29, 0.717) is 19.6 Å². The molecule has 19 heavy (non-hydrogen) atoms. The quantitative estimate of drug-likeness (QED) is 0.249. The Morgan fingerprint density at radius 1 is 0.632 bits per heavy atom. The Morgan fingerprint density at radius 2 is 0.895 bits per heavy atom. The van der Waals surface area contributed by atoms with Gasteiger partial charge in [-0.15, -0.1) is 0 Å². The average Bonchev–Trinajstić information content (AvgIpc) is 2.49. The molecule has 0 aliphatic carbocycles. The van der Waals surface area contributed by atoms with Crippen molar-refractivity contribution in [1.29, 1.82) is 0 Å². The third kappa shape index (κ3) is 57.8. The van der Waals surface area contributed by atoms with Crippen molar-refractivity contribution in [2.45, 2.75) is 0 Å². The fourth-order valence-corrected chi connectivity index (χ4v) is 0.604. The lowest BCUT2D eigenvalue weighted by Crippen LogP contribution is -2.39. The molecule has 0 amide bonds. The summed E-state index contributed by atoms with van der Waals surface area (Å²) in [6.07, 6.45) is 0. The Labute approximate surface area is 116 Å². The number of hydrogen-bond acceptors (Lipinski definition) is 9. The largest absolute Gasteiger partial charge is 0.395 e. The third-order valence-corrected chi connectivity index (χ3v) is 1.35. The van der Waals surface area contributed by atoms with Gasteiger partial charge >= 0.3 is 0 Å². The van der Waals surface area contributed by atoms with Crippen molar-refractivity contribution in [2.24, 2.45) is 17.2 Å². The van der Waals surface area contributed by atoms with Crippen LogP contribution in [0.15, 0.2) is 0 Å². The van der Waals surface area contributed by atoms with E-state index in [1.807, 2.05) is 0 Å². The standard InChI is InChI=1S/C4H10N2.C2H8N2.C2H7NO.C2H6O2.H3N/c1-2-6-4-3-5-1;3*3-1-2-4;/h5-6H,1-4H2;1-4H2;4H,1-3H2;3-4H,1-2H2;1H3. The molecule has 0 aromatic rings. The van der Waals surface area contributed by atoms with E-state index >= 15 is 0 Å². The molecule has 0 bridgehead atoms. The van der Waals surface area contributed by atoms with Crippen molar-refractivity contribution in [3.63, 3.8) is 0 Å². The first kappa shape index (κ1) is 27.1. The second kappa shape index (κ2) is 36.0. The van der Waals surface area contributed by atoms with Crippen molar-refractivity contribution in [1.82, 2.24) is 16.8 Å². The monoisotopic (exact) mass is 286 g/mol. The molecule has 1 heterocycles. The van der Waals surface area contributed by atoms with Gasteiger partial charge in [0.25, 0.3) is 0 Å². The molecule has 0 spiro atoms. The zero-order valence-electron chi connectivity index (χ0n) is 11.9. The molecule has 0 saturated carbocycles. The predicted octanol–water partition coefficient (Wildman–Crippen LogP) is -3.85. The normalized spacial score (nSPS) is 12.3. The molecule has 9 heteroatoms. The Hall–Kier alpha value is -0.360. The predicted molar refractivity (Wildman–Crippen MR) is 79.2 cm³/mol. The molecule has 0 unspecified atom stereocenters. The molecule has 0 aromatic heterocycles. The van der Waals surface area contributed by atoms with Crippen LogP contribution in [0.1, 0.15) is 0 Å². The maximum atomic E-state index is 7.75. The van der Waals surface area contributed by atoms with Crippen LogP contribution in [0, 0.1) is 0 Å². The number of rotatable bonds is 3. The Morgan fingerprint density at radius 3 is 0.947 bits per heavy atom. The van der Waals surface area contributed by atoms with Gasteiger partial charge in [-0.3, -0.25) is 0 Å². The van der Waals surface area contributed by atoms with Crippen LogP contribution in [-0.2, 0) is 0 Å². The van der Waals surface area contributed by atoms with Gasteiger partial charge in [0, 0.05) is 45.8 Å². The molecule has 0 radical (unpaired) electrons. The van der Waals surface area contributed by atoms with Gasteiger partial charge in [0.05, 0.1) is 19.8 Å². The van der Waals surface area contributed by atoms with Gasteiger partial charge in [-0.25, -0.2) is 0 Å². The first-order valence-electron chi connectivity index (χ1n) is 6.09. The molecule has 0 atom stereocenters. The molecule has 1 rings (SSSR count). The molecule has 9 nitrogen and oxygen atoms in total. The summed E-state index contributed by atoms with van der Waals surface area (Å²) in [5.74, 6) is 0. The van der Waals surface area contributed by atoms with E-state index in [4.69, 9.17) is 32.5 Å². The minimum Gasteiger partial charge on any atom is -0.395 e. The summed E-state index contributed by atoms with van der Waals surface area (Å²) in [6, 6.07) is 0. The summed E-state index contributed by atoms with van der Waals surface area (Å²) in [5, 5.41) is 29.4. The third-order valence-electron chi connectivity index (χ3n) is 1.35. The highest BCUT2D eigenvalue weighted by Gasteiger charge is 1.91. The molecule has 1 fully saturated rings. The van der Waals surface area contributed by atoms with Crippen LogP contribution in [0.25, 0.3) is 0 Å². The number of aliphatic hydroxyl groups is 3. The smallest absolute Gasteiger partial charge is 0.0662 e. The van der Waals surface area contributed by atoms with Gasteiger partial charge in [0.2, 0.25) is 0 Å². The Bertz CT molecular complexity index is 82.2. The van der Waals surface area contributed by atoms with E-state index < -0.39 is 0 Å². The number of nitrogens with two attached hydrogens (primary N) is 3. The van der Waals surface area contributed by atoms with E-state index in [0.717, 1.165) is 26.2 Å². The highest BCUT2D eigenvalue weighted by molar-refractivity contribution is 4.59. The van der Waals surface area contributed by atoms with Crippen molar-refractivity contribution in [2.75, 3.05) is 65.6 Å². The number of piperazine rings is 1. The van der Waals surface area contributed by atoms with Gasteiger partial charge in [-0.1, -0.05) is 0 Å². The van der Waals surface area contributed by atoms with Crippen molar-refractivity contribution in [3.05, 3.63) is 0 Å². The van der Waals surface area contributed by atoms with Gasteiger partial charge in [0.15, 0.2) is 0 Å². The van der Waals surface area contributed by atoms with Crippen LogP contribution < -0.4 is 34.0 Å². The molecule has 0 aromatic carbocycles. The number of aliphatic hydroxyl groups excluding tert-OH is 3. The van der Waals surface area contributed by atoms with Gasteiger partial charge in [-0.2, -0.15) is 0 Å². The van der Waals surface area contributed by atoms with Crippen molar-refractivity contribution < 1.29 is 15.3 Å². The SMILES string of the molecule is C1CNCCN1.N.NCCN.NCCO.OCCO. The van der Waals surface area contributed by atoms with Crippen LogP contribution in [0.5, 0.6) is 0 Å². The molecule has 1 aliphatic rings. The molecule has 122 valence electrons. The zero-order chi connectivity index (χ0) is 14.5. The van der Waals surface area contributed by atoms with Crippen LogP contribution in [0.3, 0.4) is 0 Å². The maximum absolute atomic E-state index is 7.75. The lowest BCUT2D eigenvalue weighted by Gasteiger charge is -2.11. The molecular formula is C10H34N6O3. The molecule has 14 N–H and O–H groups in total. The molecular weight excluding hydrogens is 252 g/mol. The van der Waals surface area contributed by atoms with E-state index in [9.17, 15) is 0 Å². The van der Waals surface area contributed by atoms with Crippen molar-refractivity contribution >= 4 is 0 Å². The second-order valence-electron chi connectivity index (χ2n) is 3.04. The summed E-state index contributed by atoms with van der Waals surface area (Å²) in [4.78, 5) is 0. The van der Waals surface area contributed by atoms with Crippen LogP contribution >= 0.6 is 0 Å². The van der Waals surface area contributed by atoms with Gasteiger partial charge in [-0.05, 0) is 0 Å². The highest BCUT2D eigenvalue weighted by atomic mass is 16.3. The van der Waals surface area contributed by atoms with Gasteiger partial charge in [0.1, 0.15) is 0 Å². The maximum Gasteiger partial charge on any atom is 0.0662 e. The fourth-order valence-electron chi connectivity index (χ4n) is 0.604. The Balaban J connectivity index is -0.0000000796. The van der Waals surface area contributed by atoms with Crippen LogP contribution in [-0.4, -0.2) is 81.0 Å². The minimum atomic E-state index is -0.125. The summed E-state index contributed by atoms with van der Waals surface area (Å²) >= 11 is 0. The first-order valence-corrected chi connectivity index (χ1v) is 6.09. The summed E-state index contributed by atoms with van der Waals surface area (Å²) in [6.45, 7) is 5.97. The topological polar surface area (TPSA) is 198 Å². The molecule has 1 saturated heterocycles. The summed E-state index contributed by atoms with van der Waals surface area (Å²) in [5.41, 5.74) is 14.6. The van der Waals surface area contributed by atoms with Crippen LogP contribution in [0.2, 0.25) is 0 Å². The Kier molecular flexibility index (Phi) is 51.3. The lowest BCUT2D eigenvalue weighted by atomic mass is 10.4. The lowest BCUT2D eigenvalue weighted by molar-refractivity contribution is 0.186. The van der Waals surface area contributed by atoms with E-state index in [2.05, 4.69) is 10.6 Å². The first-order chi connectivity index (χ1) is 8.74. The van der Waals surface area contributed by atoms with E-state index in [1.54, 1.807) is 0 Å². The second-order valence-corrected chi connectivity index (χ2v) is 3.04. The minimum absolute atomic E-state index is 0. The summed E-state index contributed by atoms with van der Waals surface area (Å²) in [7, 11) is 0.